The fourth-order valence-corrected chi connectivity index (χ4v) is 5.89. The van der Waals surface area contributed by atoms with Crippen LogP contribution in [0.4, 0.5) is 5.69 Å². The Kier molecular flexibility index (Phi) is 7.55. The molecule has 0 aliphatic carbocycles. The summed E-state index contributed by atoms with van der Waals surface area (Å²) < 4.78 is 32.7. The van der Waals surface area contributed by atoms with Crippen LogP contribution in [-0.4, -0.2) is 70.2 Å². The van der Waals surface area contributed by atoms with Crippen molar-refractivity contribution in [2.45, 2.75) is 35.5 Å². The third-order valence-electron chi connectivity index (χ3n) is 5.01. The zero-order valence-corrected chi connectivity index (χ0v) is 18.2. The predicted octanol–water partition coefficient (Wildman–Crippen LogP) is 1.45. The topological polar surface area (TPSA) is 96.0 Å². The number of carbonyl (C=O) groups is 2. The Balaban J connectivity index is 1.84. The molecule has 1 saturated heterocycles. The fourth-order valence-electron chi connectivity index (χ4n) is 3.44. The van der Waals surface area contributed by atoms with Crippen LogP contribution in [0.3, 0.4) is 0 Å². The summed E-state index contributed by atoms with van der Waals surface area (Å²) in [5.41, 5.74) is 0.476. The first kappa shape index (κ1) is 22.1. The van der Waals surface area contributed by atoms with Crippen molar-refractivity contribution in [1.82, 2.24) is 9.62 Å². The first-order valence-corrected chi connectivity index (χ1v) is 12.2. The summed E-state index contributed by atoms with van der Waals surface area (Å²) in [5.74, 6) is -0.306. The molecule has 0 atom stereocenters. The molecule has 1 N–H and O–H groups in total. The lowest BCUT2D eigenvalue weighted by Gasteiger charge is -2.29. The van der Waals surface area contributed by atoms with Crippen molar-refractivity contribution >= 4 is 39.3 Å². The highest BCUT2D eigenvalue weighted by atomic mass is 32.2. The maximum absolute atomic E-state index is 13.1. The zero-order valence-electron chi connectivity index (χ0n) is 16.6. The molecule has 1 fully saturated rings. The van der Waals surface area contributed by atoms with Crippen LogP contribution in [0.2, 0.25) is 0 Å². The minimum atomic E-state index is -3.64. The highest BCUT2D eigenvalue weighted by Crippen LogP contribution is 2.37. The van der Waals surface area contributed by atoms with Gasteiger partial charge in [0.25, 0.3) is 0 Å². The third kappa shape index (κ3) is 5.30. The molecule has 0 saturated carbocycles. The number of nitrogens with zero attached hydrogens (tertiary/aromatic N) is 2. The van der Waals surface area contributed by atoms with Crippen LogP contribution in [-0.2, 0) is 24.3 Å². The van der Waals surface area contributed by atoms with E-state index in [1.165, 1.54) is 27.0 Å². The fraction of sp³-hybridized carbons (Fsp3) is 0.579. The van der Waals surface area contributed by atoms with E-state index in [1.807, 2.05) is 0 Å². The summed E-state index contributed by atoms with van der Waals surface area (Å²) in [7, 11) is -2.10. The normalized spacial score (nSPS) is 18.2. The Morgan fingerprint density at radius 1 is 1.21 bits per heavy atom. The Labute approximate surface area is 176 Å². The first-order valence-electron chi connectivity index (χ1n) is 9.76. The van der Waals surface area contributed by atoms with E-state index in [-0.39, 0.29) is 29.0 Å². The SMILES string of the molecule is COCCNC(=O)CN1C(=O)CSc2ccc(S(=O)(=O)N3CCCCCC3)cc21. The molecule has 0 radical (unpaired) electrons. The van der Waals surface area contributed by atoms with Gasteiger partial charge in [-0.15, -0.1) is 11.8 Å². The molecule has 1 aromatic carbocycles. The highest BCUT2D eigenvalue weighted by Gasteiger charge is 2.30. The largest absolute Gasteiger partial charge is 0.383 e. The summed E-state index contributed by atoms with van der Waals surface area (Å²) in [4.78, 5) is 27.0. The van der Waals surface area contributed by atoms with Gasteiger partial charge in [0.2, 0.25) is 21.8 Å². The van der Waals surface area contributed by atoms with Gasteiger partial charge in [-0.3, -0.25) is 9.59 Å². The van der Waals surface area contributed by atoms with Gasteiger partial charge in [-0.25, -0.2) is 8.42 Å². The van der Waals surface area contributed by atoms with Crippen molar-refractivity contribution in [3.63, 3.8) is 0 Å². The number of ether oxygens (including phenoxy) is 1. The van der Waals surface area contributed by atoms with Gasteiger partial charge in [0.1, 0.15) is 6.54 Å². The lowest BCUT2D eigenvalue weighted by atomic mass is 10.2. The maximum atomic E-state index is 13.1. The Bertz CT molecular complexity index is 851. The molecule has 29 heavy (non-hydrogen) atoms. The average molecular weight is 442 g/mol. The molecule has 2 aliphatic heterocycles. The van der Waals surface area contributed by atoms with Crippen molar-refractivity contribution in [3.8, 4) is 0 Å². The monoisotopic (exact) mass is 441 g/mol. The number of amides is 2. The second-order valence-electron chi connectivity index (χ2n) is 7.06. The van der Waals surface area contributed by atoms with E-state index >= 15 is 0 Å². The van der Waals surface area contributed by atoms with E-state index in [9.17, 15) is 18.0 Å². The smallest absolute Gasteiger partial charge is 0.243 e. The number of fused-ring (bicyclic) bond motifs is 1. The van der Waals surface area contributed by atoms with E-state index in [1.54, 1.807) is 19.2 Å². The van der Waals surface area contributed by atoms with Crippen molar-refractivity contribution < 1.29 is 22.7 Å². The number of benzene rings is 1. The summed E-state index contributed by atoms with van der Waals surface area (Å²) in [6.45, 7) is 1.60. The number of rotatable bonds is 7. The molecule has 10 heteroatoms. The summed E-state index contributed by atoms with van der Waals surface area (Å²) in [6.07, 6.45) is 3.78. The van der Waals surface area contributed by atoms with Crippen molar-refractivity contribution in [3.05, 3.63) is 18.2 Å². The van der Waals surface area contributed by atoms with Gasteiger partial charge in [-0.1, -0.05) is 12.8 Å². The molecule has 2 heterocycles. The van der Waals surface area contributed by atoms with E-state index in [0.29, 0.717) is 31.9 Å². The van der Waals surface area contributed by atoms with E-state index < -0.39 is 10.0 Å². The number of thioether (sulfide) groups is 1. The molecule has 0 bridgehead atoms. The lowest BCUT2D eigenvalue weighted by molar-refractivity contribution is -0.123. The number of nitrogens with one attached hydrogen (secondary N) is 1. The molecule has 0 aromatic heterocycles. The molecular weight excluding hydrogens is 414 g/mol. The molecule has 2 amide bonds. The van der Waals surface area contributed by atoms with Gasteiger partial charge in [0.05, 0.1) is 22.9 Å². The minimum Gasteiger partial charge on any atom is -0.383 e. The van der Waals surface area contributed by atoms with Gasteiger partial charge in [0.15, 0.2) is 0 Å². The number of sulfonamides is 1. The second kappa shape index (κ2) is 9.92. The summed E-state index contributed by atoms with van der Waals surface area (Å²) >= 11 is 1.36. The molecule has 8 nitrogen and oxygen atoms in total. The third-order valence-corrected chi connectivity index (χ3v) is 7.95. The van der Waals surface area contributed by atoms with E-state index in [0.717, 1.165) is 30.6 Å². The van der Waals surface area contributed by atoms with Crippen molar-refractivity contribution in [1.29, 1.82) is 0 Å². The van der Waals surface area contributed by atoms with Crippen molar-refractivity contribution in [2.24, 2.45) is 0 Å². The quantitative estimate of drug-likeness (QED) is 0.644. The van der Waals surface area contributed by atoms with Gasteiger partial charge < -0.3 is 15.0 Å². The van der Waals surface area contributed by atoms with Gasteiger partial charge in [-0.2, -0.15) is 4.31 Å². The van der Waals surface area contributed by atoms with Crippen LogP contribution in [0.25, 0.3) is 0 Å². The van der Waals surface area contributed by atoms with Crippen LogP contribution in [0.1, 0.15) is 25.7 Å². The molecule has 0 spiro atoms. The Morgan fingerprint density at radius 3 is 2.62 bits per heavy atom. The lowest BCUT2D eigenvalue weighted by Crippen LogP contribution is -2.44. The van der Waals surface area contributed by atoms with Crippen LogP contribution in [0.15, 0.2) is 28.0 Å². The molecule has 3 rings (SSSR count). The van der Waals surface area contributed by atoms with Crippen LogP contribution in [0, 0.1) is 0 Å². The molecular formula is C19H27N3O5S2. The van der Waals surface area contributed by atoms with Crippen LogP contribution in [0.5, 0.6) is 0 Å². The zero-order chi connectivity index (χ0) is 20.9. The summed E-state index contributed by atoms with van der Waals surface area (Å²) in [6, 6.07) is 4.85. The summed E-state index contributed by atoms with van der Waals surface area (Å²) in [5, 5.41) is 2.69. The van der Waals surface area contributed by atoms with E-state index in [4.69, 9.17) is 4.74 Å². The number of methoxy groups -OCH3 is 1. The average Bonchev–Trinajstić information content (AvgIpc) is 3.00. The maximum Gasteiger partial charge on any atom is 0.243 e. The Morgan fingerprint density at radius 2 is 1.93 bits per heavy atom. The van der Waals surface area contributed by atoms with E-state index in [2.05, 4.69) is 5.32 Å². The van der Waals surface area contributed by atoms with Gasteiger partial charge in [0, 0.05) is 31.6 Å². The van der Waals surface area contributed by atoms with Crippen LogP contribution >= 0.6 is 11.8 Å². The number of anilines is 1. The van der Waals surface area contributed by atoms with Crippen LogP contribution < -0.4 is 10.2 Å². The minimum absolute atomic E-state index is 0.149. The number of hydrogen-bond acceptors (Lipinski definition) is 6. The van der Waals surface area contributed by atoms with Gasteiger partial charge in [-0.05, 0) is 31.0 Å². The highest BCUT2D eigenvalue weighted by molar-refractivity contribution is 8.00. The second-order valence-corrected chi connectivity index (χ2v) is 10.0. The first-order chi connectivity index (χ1) is 13.9. The predicted molar refractivity (Wildman–Crippen MR) is 112 cm³/mol. The van der Waals surface area contributed by atoms with Crippen molar-refractivity contribution in [2.75, 3.05) is 50.5 Å². The van der Waals surface area contributed by atoms with Gasteiger partial charge >= 0.3 is 0 Å². The number of carbonyl (C=O) groups excluding carboxylic acids is 2. The molecule has 2 aliphatic rings. The molecule has 0 unspecified atom stereocenters. The number of hydrogen-bond donors (Lipinski definition) is 1. The standard InChI is InChI=1S/C19H27N3O5S2/c1-27-11-8-20-18(23)13-22-16-12-15(6-7-17(16)28-14-19(22)24)29(25,26)21-9-4-2-3-5-10-21/h6-7,12H,2-5,8-11,13-14H2,1H3,(H,20,23). The Hall–Kier alpha value is -1.62. The molecule has 160 valence electrons. The molecule has 1 aromatic rings.